The van der Waals surface area contributed by atoms with Crippen molar-refractivity contribution in [2.45, 2.75) is 13.8 Å². The molecule has 1 saturated heterocycles. The molecule has 0 spiro atoms. The predicted octanol–water partition coefficient (Wildman–Crippen LogP) is 1.22. The van der Waals surface area contributed by atoms with Crippen molar-refractivity contribution in [2.24, 2.45) is 17.8 Å². The maximum absolute atomic E-state index is 12.7. The van der Waals surface area contributed by atoms with E-state index in [1.807, 2.05) is 32.0 Å². The number of piperazine rings is 1. The largest absolute Gasteiger partial charge is 0.493 e. The second-order valence-corrected chi connectivity index (χ2v) is 7.69. The monoisotopic (exact) mass is 424 g/mol. The number of aromatic amines is 1. The zero-order valence-corrected chi connectivity index (χ0v) is 18.3. The number of H-pyrrole nitrogens is 1. The maximum atomic E-state index is 12.7. The van der Waals surface area contributed by atoms with Gasteiger partial charge in [-0.2, -0.15) is 5.10 Å². The van der Waals surface area contributed by atoms with Crippen molar-refractivity contribution in [2.75, 3.05) is 39.8 Å². The predicted molar refractivity (Wildman–Crippen MR) is 121 cm³/mol. The summed E-state index contributed by atoms with van der Waals surface area (Å²) in [6.07, 6.45) is 0. The average Bonchev–Trinajstić information content (AvgIpc) is 3.03. The first-order valence-corrected chi connectivity index (χ1v) is 10.4. The van der Waals surface area contributed by atoms with Crippen LogP contribution in [0.1, 0.15) is 12.6 Å². The minimum atomic E-state index is -0.253. The molecule has 3 N–H and O–H groups in total. The van der Waals surface area contributed by atoms with Crippen LogP contribution in [0, 0.1) is 6.92 Å². The second kappa shape index (κ2) is 8.38. The van der Waals surface area contributed by atoms with Crippen LogP contribution in [-0.2, 0) is 7.05 Å². The summed E-state index contributed by atoms with van der Waals surface area (Å²) >= 11 is 0. The lowest BCUT2D eigenvalue weighted by Crippen LogP contribution is -2.49. The summed E-state index contributed by atoms with van der Waals surface area (Å²) in [4.78, 5) is 29.2. The number of nitrogens with zero attached hydrogens (tertiary/aromatic N) is 6. The Kier molecular flexibility index (Phi) is 5.64. The fourth-order valence-electron chi connectivity index (χ4n) is 3.76. The van der Waals surface area contributed by atoms with E-state index in [-0.39, 0.29) is 5.56 Å². The lowest BCUT2D eigenvalue weighted by molar-refractivity contribution is 0.214. The van der Waals surface area contributed by atoms with Crippen LogP contribution >= 0.6 is 0 Å². The van der Waals surface area contributed by atoms with Gasteiger partial charge in [0.25, 0.3) is 5.56 Å². The van der Waals surface area contributed by atoms with Crippen molar-refractivity contribution < 1.29 is 4.74 Å². The van der Waals surface area contributed by atoms with E-state index in [1.54, 1.807) is 11.7 Å². The summed E-state index contributed by atoms with van der Waals surface area (Å²) in [6.45, 7) is 7.78. The number of guanidine groups is 1. The third-order valence-corrected chi connectivity index (χ3v) is 5.45. The van der Waals surface area contributed by atoms with Gasteiger partial charge in [0.05, 0.1) is 23.6 Å². The first-order valence-electron chi connectivity index (χ1n) is 10.4. The van der Waals surface area contributed by atoms with Gasteiger partial charge in [0, 0.05) is 33.2 Å². The molecule has 0 saturated carbocycles. The summed E-state index contributed by atoms with van der Waals surface area (Å²) in [5, 5.41) is 4.31. The van der Waals surface area contributed by atoms with Crippen LogP contribution in [0.25, 0.3) is 22.4 Å². The molecular formula is C21H28N8O2. The number of aromatic nitrogens is 4. The van der Waals surface area contributed by atoms with E-state index in [0.717, 1.165) is 26.2 Å². The molecule has 0 bridgehead atoms. The molecule has 0 unspecified atom stereocenters. The Balaban J connectivity index is 1.76. The van der Waals surface area contributed by atoms with Crippen molar-refractivity contribution in [1.29, 1.82) is 0 Å². The summed E-state index contributed by atoms with van der Waals surface area (Å²) in [5.74, 6) is 1.50. The molecule has 1 fully saturated rings. The molecule has 10 heteroatoms. The van der Waals surface area contributed by atoms with Crippen LogP contribution in [0.15, 0.2) is 28.0 Å². The molecule has 0 aliphatic carbocycles. The Morgan fingerprint density at radius 1 is 1.26 bits per heavy atom. The Morgan fingerprint density at radius 3 is 2.71 bits per heavy atom. The fourth-order valence-corrected chi connectivity index (χ4v) is 3.76. The van der Waals surface area contributed by atoms with Gasteiger partial charge in [-0.15, -0.1) is 0 Å². The molecule has 3 heterocycles. The second-order valence-electron chi connectivity index (χ2n) is 7.69. The zero-order chi connectivity index (χ0) is 22.1. The molecule has 2 aromatic heterocycles. The van der Waals surface area contributed by atoms with Crippen LogP contribution in [0.3, 0.4) is 0 Å². The highest BCUT2D eigenvalue weighted by atomic mass is 16.5. The third-order valence-electron chi connectivity index (χ3n) is 5.45. The Hall–Kier alpha value is -3.40. The van der Waals surface area contributed by atoms with E-state index in [1.165, 1.54) is 0 Å². The number of nitrogens with two attached hydrogens (primary N) is 1. The number of hydrogen-bond acceptors (Lipinski definition) is 6. The smallest absolute Gasteiger partial charge is 0.277 e. The van der Waals surface area contributed by atoms with E-state index in [0.29, 0.717) is 52.1 Å². The van der Waals surface area contributed by atoms with Crippen LogP contribution in [0.4, 0.5) is 5.69 Å². The summed E-state index contributed by atoms with van der Waals surface area (Å²) in [6, 6.07) is 5.52. The van der Waals surface area contributed by atoms with Crippen LogP contribution in [0.2, 0.25) is 0 Å². The molecule has 4 rings (SSSR count). The van der Waals surface area contributed by atoms with Crippen LogP contribution < -0.4 is 16.0 Å². The molecule has 3 aromatic rings. The number of ether oxygens (including phenoxy) is 1. The molecule has 1 aliphatic rings. The van der Waals surface area contributed by atoms with Gasteiger partial charge in [0.15, 0.2) is 11.5 Å². The summed E-state index contributed by atoms with van der Waals surface area (Å²) < 4.78 is 7.33. The van der Waals surface area contributed by atoms with Crippen molar-refractivity contribution >= 4 is 22.7 Å². The maximum Gasteiger partial charge on any atom is 0.277 e. The first kappa shape index (κ1) is 20.9. The minimum absolute atomic E-state index is 0.253. The minimum Gasteiger partial charge on any atom is -0.493 e. The highest BCUT2D eigenvalue weighted by molar-refractivity contribution is 5.83. The molecule has 1 aromatic carbocycles. The topological polar surface area (TPSA) is 118 Å². The van der Waals surface area contributed by atoms with Gasteiger partial charge in [-0.1, -0.05) is 0 Å². The van der Waals surface area contributed by atoms with Gasteiger partial charge < -0.3 is 25.3 Å². The fraction of sp³-hybridized carbons (Fsp3) is 0.429. The van der Waals surface area contributed by atoms with Gasteiger partial charge in [-0.25, -0.2) is 9.98 Å². The number of likely N-dealkylation sites (N-methyl/N-ethyl adjacent to an activating group) is 1. The quantitative estimate of drug-likeness (QED) is 0.478. The van der Waals surface area contributed by atoms with E-state index in [2.05, 4.69) is 36.9 Å². The van der Waals surface area contributed by atoms with Crippen molar-refractivity contribution in [3.63, 3.8) is 0 Å². The van der Waals surface area contributed by atoms with Crippen molar-refractivity contribution in [3.8, 4) is 17.1 Å². The summed E-state index contributed by atoms with van der Waals surface area (Å²) in [7, 11) is 3.83. The van der Waals surface area contributed by atoms with Gasteiger partial charge in [-0.05, 0) is 39.1 Å². The number of nitrogens with one attached hydrogen (secondary N) is 1. The van der Waals surface area contributed by atoms with E-state index in [4.69, 9.17) is 10.5 Å². The number of hydrogen-bond donors (Lipinski definition) is 2. The number of fused-ring (bicyclic) bond motifs is 1. The third kappa shape index (κ3) is 4.11. The van der Waals surface area contributed by atoms with E-state index < -0.39 is 0 Å². The average molecular weight is 425 g/mol. The molecule has 31 heavy (non-hydrogen) atoms. The number of aryl methyl sites for hydroxylation is 2. The number of rotatable bonds is 4. The Morgan fingerprint density at radius 2 is 2.00 bits per heavy atom. The van der Waals surface area contributed by atoms with Crippen molar-refractivity contribution in [1.82, 2.24) is 29.5 Å². The van der Waals surface area contributed by atoms with Gasteiger partial charge in [-0.3, -0.25) is 9.48 Å². The SMILES string of the molecule is CCOc1ccc(N=C(N)N2CCN(C)CC2)cc1-c1nc2c(C)nn(C)c2c(=O)[nH]1. The Labute approximate surface area is 180 Å². The normalized spacial score (nSPS) is 15.6. The van der Waals surface area contributed by atoms with Crippen molar-refractivity contribution in [3.05, 3.63) is 34.2 Å². The number of aliphatic imine (C=N–C) groups is 1. The first-order chi connectivity index (χ1) is 14.9. The van der Waals surface area contributed by atoms with Crippen LogP contribution in [0.5, 0.6) is 5.75 Å². The van der Waals surface area contributed by atoms with E-state index >= 15 is 0 Å². The lowest BCUT2D eigenvalue weighted by Gasteiger charge is -2.33. The van der Waals surface area contributed by atoms with E-state index in [9.17, 15) is 4.79 Å². The molecule has 1 aliphatic heterocycles. The summed E-state index contributed by atoms with van der Waals surface area (Å²) in [5.41, 5.74) is 9.03. The molecule has 164 valence electrons. The molecular weight excluding hydrogens is 396 g/mol. The molecule has 0 radical (unpaired) electrons. The lowest BCUT2D eigenvalue weighted by atomic mass is 10.1. The highest BCUT2D eigenvalue weighted by Crippen LogP contribution is 2.32. The molecule has 0 amide bonds. The van der Waals surface area contributed by atoms with Gasteiger partial charge >= 0.3 is 0 Å². The highest BCUT2D eigenvalue weighted by Gasteiger charge is 2.18. The zero-order valence-electron chi connectivity index (χ0n) is 18.3. The standard InChI is InChI=1S/C21H28N8O2/c1-5-31-16-7-6-14(23-21(22)29-10-8-27(3)9-11-29)12-15(16)19-24-17-13(2)26-28(4)18(17)20(30)25-19/h6-7,12H,5,8-11H2,1-4H3,(H2,22,23)(H,24,25,30). The van der Waals surface area contributed by atoms with Crippen LogP contribution in [-0.4, -0.2) is 75.3 Å². The van der Waals surface area contributed by atoms with Gasteiger partial charge in [0.2, 0.25) is 0 Å². The molecule has 0 atom stereocenters. The Bertz CT molecular complexity index is 1190. The van der Waals surface area contributed by atoms with Gasteiger partial charge in [0.1, 0.15) is 17.1 Å². The number of benzene rings is 1. The molecule has 10 nitrogen and oxygen atoms in total.